The minimum atomic E-state index is -0.163. The molecule has 1 saturated heterocycles. The van der Waals surface area contributed by atoms with E-state index in [2.05, 4.69) is 32.5 Å². The van der Waals surface area contributed by atoms with Gasteiger partial charge >= 0.3 is 0 Å². The number of aromatic nitrogens is 2. The lowest BCUT2D eigenvalue weighted by molar-refractivity contribution is 0.0936. The molecule has 3 aromatic rings. The molecule has 2 N–H and O–H groups in total. The molecule has 0 bridgehead atoms. The summed E-state index contributed by atoms with van der Waals surface area (Å²) in [6.07, 6.45) is 0.860. The maximum absolute atomic E-state index is 12.8. The number of para-hydroxylation sites is 1. The van der Waals surface area contributed by atoms with E-state index in [1.807, 2.05) is 11.4 Å². The molecule has 28 heavy (non-hydrogen) atoms. The monoisotopic (exact) mass is 398 g/mol. The van der Waals surface area contributed by atoms with Gasteiger partial charge in [-0.25, -0.2) is 0 Å². The van der Waals surface area contributed by atoms with Crippen LogP contribution in [-0.4, -0.2) is 49.5 Å². The van der Waals surface area contributed by atoms with Crippen LogP contribution in [0.2, 0.25) is 0 Å². The van der Waals surface area contributed by atoms with Crippen LogP contribution in [0, 0.1) is 0 Å². The largest absolute Gasteiger partial charge is 0.493 e. The third-order valence-corrected chi connectivity index (χ3v) is 5.75. The second-order valence-corrected chi connectivity index (χ2v) is 7.51. The maximum Gasteiger partial charge on any atom is 0.255 e. The summed E-state index contributed by atoms with van der Waals surface area (Å²) in [6, 6.07) is 11.5. The summed E-state index contributed by atoms with van der Waals surface area (Å²) < 4.78 is 10.7. The van der Waals surface area contributed by atoms with E-state index in [-0.39, 0.29) is 11.9 Å². The number of hydrogen-bond acceptors (Lipinski definition) is 6. The van der Waals surface area contributed by atoms with Crippen LogP contribution in [-0.2, 0) is 0 Å². The van der Waals surface area contributed by atoms with E-state index in [4.69, 9.17) is 9.47 Å². The van der Waals surface area contributed by atoms with Crippen LogP contribution < -0.4 is 19.7 Å². The van der Waals surface area contributed by atoms with Gasteiger partial charge in [-0.05, 0) is 30.0 Å². The fourth-order valence-electron chi connectivity index (χ4n) is 3.45. The molecule has 1 aliphatic rings. The van der Waals surface area contributed by atoms with Crippen LogP contribution in [0.25, 0.3) is 10.6 Å². The van der Waals surface area contributed by atoms with Crippen molar-refractivity contribution in [1.29, 1.82) is 0 Å². The number of methoxy groups -OCH3 is 2. The molecule has 1 aliphatic heterocycles. The molecule has 1 amide bonds. The predicted octanol–water partition coefficient (Wildman–Crippen LogP) is 3.16. The first-order valence-electron chi connectivity index (χ1n) is 9.05. The van der Waals surface area contributed by atoms with Crippen LogP contribution in [0.5, 0.6) is 11.5 Å². The Morgan fingerprint density at radius 2 is 2.18 bits per heavy atom. The number of hydrogen-bond donors (Lipinski definition) is 2. The summed E-state index contributed by atoms with van der Waals surface area (Å²) in [4.78, 5) is 16.1. The van der Waals surface area contributed by atoms with E-state index in [1.54, 1.807) is 36.6 Å². The average molecular weight is 398 g/mol. The number of nitrogens with zero attached hydrogens (tertiary/aromatic N) is 2. The molecule has 0 saturated carbocycles. The Kier molecular flexibility index (Phi) is 5.21. The quantitative estimate of drug-likeness (QED) is 0.667. The second kappa shape index (κ2) is 7.93. The van der Waals surface area contributed by atoms with E-state index in [0.717, 1.165) is 29.4 Å². The van der Waals surface area contributed by atoms with Crippen molar-refractivity contribution in [1.82, 2.24) is 15.5 Å². The van der Waals surface area contributed by atoms with Gasteiger partial charge in [-0.3, -0.25) is 9.89 Å². The van der Waals surface area contributed by atoms with Crippen LogP contribution in [0.1, 0.15) is 16.8 Å². The smallest absolute Gasteiger partial charge is 0.255 e. The molecule has 1 fully saturated rings. The molecular formula is C20H22N4O3S. The van der Waals surface area contributed by atoms with E-state index in [1.165, 1.54) is 7.11 Å². The maximum atomic E-state index is 12.8. The molecule has 0 radical (unpaired) electrons. The molecular weight excluding hydrogens is 376 g/mol. The highest BCUT2D eigenvalue weighted by Crippen LogP contribution is 2.31. The SMILES string of the molecule is COc1cccc(C(=O)NC2CCN(c3cc(-c4cccs4)[nH]n3)C2)c1OC. The third-order valence-electron chi connectivity index (χ3n) is 4.85. The first-order valence-corrected chi connectivity index (χ1v) is 9.93. The topological polar surface area (TPSA) is 79.5 Å². The number of anilines is 1. The number of aromatic amines is 1. The molecule has 4 rings (SSSR count). The number of carbonyl (C=O) groups is 1. The summed E-state index contributed by atoms with van der Waals surface area (Å²) in [5.74, 6) is 1.73. The predicted molar refractivity (Wildman–Crippen MR) is 110 cm³/mol. The number of carbonyl (C=O) groups excluding carboxylic acids is 1. The third kappa shape index (κ3) is 3.55. The van der Waals surface area contributed by atoms with Crippen molar-refractivity contribution in [2.45, 2.75) is 12.5 Å². The van der Waals surface area contributed by atoms with Crippen molar-refractivity contribution in [3.8, 4) is 22.1 Å². The molecule has 0 spiro atoms. The Morgan fingerprint density at radius 1 is 1.29 bits per heavy atom. The summed E-state index contributed by atoms with van der Waals surface area (Å²) in [6.45, 7) is 1.56. The van der Waals surface area contributed by atoms with Gasteiger partial charge < -0.3 is 19.7 Å². The number of rotatable bonds is 6. The highest BCUT2D eigenvalue weighted by atomic mass is 32.1. The molecule has 1 aromatic carbocycles. The molecule has 3 heterocycles. The number of benzene rings is 1. The van der Waals surface area contributed by atoms with Crippen molar-refractivity contribution in [3.63, 3.8) is 0 Å². The van der Waals surface area contributed by atoms with Crippen molar-refractivity contribution >= 4 is 23.1 Å². The first-order chi connectivity index (χ1) is 13.7. The van der Waals surface area contributed by atoms with Gasteiger partial charge in [0.2, 0.25) is 0 Å². The number of thiophene rings is 1. The summed E-state index contributed by atoms with van der Waals surface area (Å²) >= 11 is 1.68. The normalized spacial score (nSPS) is 16.2. The van der Waals surface area contributed by atoms with Crippen LogP contribution in [0.4, 0.5) is 5.82 Å². The number of H-pyrrole nitrogens is 1. The molecule has 1 unspecified atom stereocenters. The Balaban J connectivity index is 1.42. The van der Waals surface area contributed by atoms with E-state index in [0.29, 0.717) is 23.6 Å². The average Bonchev–Trinajstić information content (AvgIpc) is 3.47. The highest BCUT2D eigenvalue weighted by Gasteiger charge is 2.27. The Hall–Kier alpha value is -3.00. The van der Waals surface area contributed by atoms with E-state index < -0.39 is 0 Å². The fraction of sp³-hybridized carbons (Fsp3) is 0.300. The minimum Gasteiger partial charge on any atom is -0.493 e. The van der Waals surface area contributed by atoms with E-state index in [9.17, 15) is 4.79 Å². The molecule has 146 valence electrons. The summed E-state index contributed by atoms with van der Waals surface area (Å²) in [7, 11) is 3.09. The zero-order valence-corrected chi connectivity index (χ0v) is 16.6. The van der Waals surface area contributed by atoms with Gasteiger partial charge in [0, 0.05) is 25.2 Å². The number of nitrogens with one attached hydrogen (secondary N) is 2. The Bertz CT molecular complexity index is 954. The van der Waals surface area contributed by atoms with Crippen LogP contribution >= 0.6 is 11.3 Å². The van der Waals surface area contributed by atoms with Crippen molar-refractivity contribution in [3.05, 3.63) is 47.3 Å². The first kappa shape index (κ1) is 18.4. The van der Waals surface area contributed by atoms with Gasteiger partial charge in [-0.2, -0.15) is 5.10 Å². The standard InChI is InChI=1S/C20H22N4O3S/c1-26-16-6-3-5-14(19(16)27-2)20(25)21-13-8-9-24(12-13)18-11-15(22-23-18)17-7-4-10-28-17/h3-7,10-11,13H,8-9,12H2,1-2H3,(H,21,25)(H,22,23). The molecule has 1 atom stereocenters. The fourth-order valence-corrected chi connectivity index (χ4v) is 4.14. The Morgan fingerprint density at radius 3 is 2.93 bits per heavy atom. The zero-order valence-electron chi connectivity index (χ0n) is 15.8. The van der Waals surface area contributed by atoms with Crippen molar-refractivity contribution in [2.24, 2.45) is 0 Å². The van der Waals surface area contributed by atoms with Gasteiger partial charge in [0.15, 0.2) is 17.3 Å². The van der Waals surface area contributed by atoms with Gasteiger partial charge in [-0.15, -0.1) is 11.3 Å². The lowest BCUT2D eigenvalue weighted by atomic mass is 10.1. The number of ether oxygens (including phenoxy) is 2. The lowest BCUT2D eigenvalue weighted by Gasteiger charge is -2.17. The Labute approximate surface area is 167 Å². The molecule has 0 aliphatic carbocycles. The lowest BCUT2D eigenvalue weighted by Crippen LogP contribution is -2.37. The van der Waals surface area contributed by atoms with Gasteiger partial charge in [0.1, 0.15) is 0 Å². The van der Waals surface area contributed by atoms with E-state index >= 15 is 0 Å². The van der Waals surface area contributed by atoms with Gasteiger partial charge in [0.25, 0.3) is 5.91 Å². The molecule has 2 aromatic heterocycles. The second-order valence-electron chi connectivity index (χ2n) is 6.56. The zero-order chi connectivity index (χ0) is 19.5. The minimum absolute atomic E-state index is 0.0466. The van der Waals surface area contributed by atoms with Crippen LogP contribution in [0.3, 0.4) is 0 Å². The molecule has 8 heteroatoms. The highest BCUT2D eigenvalue weighted by molar-refractivity contribution is 7.13. The van der Waals surface area contributed by atoms with Gasteiger partial charge in [-0.1, -0.05) is 12.1 Å². The summed E-state index contributed by atoms with van der Waals surface area (Å²) in [5.41, 5.74) is 1.48. The van der Waals surface area contributed by atoms with Crippen LogP contribution in [0.15, 0.2) is 41.8 Å². The van der Waals surface area contributed by atoms with Crippen molar-refractivity contribution < 1.29 is 14.3 Å². The summed E-state index contributed by atoms with van der Waals surface area (Å²) in [5, 5.41) is 12.7. The molecule has 7 nitrogen and oxygen atoms in total. The van der Waals surface area contributed by atoms with Gasteiger partial charge in [0.05, 0.1) is 30.4 Å². The van der Waals surface area contributed by atoms with Crippen molar-refractivity contribution in [2.75, 3.05) is 32.2 Å². The number of amides is 1.